The van der Waals surface area contributed by atoms with Crippen molar-refractivity contribution in [2.75, 3.05) is 0 Å². The van der Waals surface area contributed by atoms with Crippen molar-refractivity contribution in [3.63, 3.8) is 0 Å². The molecule has 0 unspecified atom stereocenters. The smallest absolute Gasteiger partial charge is 0.342 e. The SMILES string of the molecule is CC(C)(C)OC(=O)c1cc(C=O)ccc1OCc1ccccc1. The van der Waals surface area contributed by atoms with Crippen LogP contribution in [0.4, 0.5) is 0 Å². The number of carbonyl (C=O) groups is 2. The zero-order chi connectivity index (χ0) is 16.9. The summed E-state index contributed by atoms with van der Waals surface area (Å²) < 4.78 is 11.1. The van der Waals surface area contributed by atoms with E-state index in [1.165, 1.54) is 6.07 Å². The van der Waals surface area contributed by atoms with Gasteiger partial charge in [0, 0.05) is 5.56 Å². The monoisotopic (exact) mass is 312 g/mol. The summed E-state index contributed by atoms with van der Waals surface area (Å²) in [4.78, 5) is 23.3. The molecule has 0 saturated heterocycles. The molecule has 0 aliphatic heterocycles. The number of rotatable bonds is 5. The van der Waals surface area contributed by atoms with Gasteiger partial charge >= 0.3 is 5.97 Å². The summed E-state index contributed by atoms with van der Waals surface area (Å²) in [5.74, 6) is -0.113. The maximum absolute atomic E-state index is 12.3. The fourth-order valence-electron chi connectivity index (χ4n) is 1.97. The van der Waals surface area contributed by atoms with Gasteiger partial charge in [-0.1, -0.05) is 30.3 Å². The van der Waals surface area contributed by atoms with Crippen LogP contribution in [0.25, 0.3) is 0 Å². The Morgan fingerprint density at radius 3 is 2.39 bits per heavy atom. The first-order valence-electron chi connectivity index (χ1n) is 7.38. The zero-order valence-corrected chi connectivity index (χ0v) is 13.5. The van der Waals surface area contributed by atoms with Gasteiger partial charge in [0.2, 0.25) is 0 Å². The van der Waals surface area contributed by atoms with Gasteiger partial charge in [-0.3, -0.25) is 4.79 Å². The maximum Gasteiger partial charge on any atom is 0.342 e. The fourth-order valence-corrected chi connectivity index (χ4v) is 1.97. The molecule has 4 nitrogen and oxygen atoms in total. The average molecular weight is 312 g/mol. The molecule has 0 aliphatic carbocycles. The number of ether oxygens (including phenoxy) is 2. The minimum Gasteiger partial charge on any atom is -0.488 e. The van der Waals surface area contributed by atoms with Crippen molar-refractivity contribution in [3.8, 4) is 5.75 Å². The summed E-state index contributed by atoms with van der Waals surface area (Å²) in [6.07, 6.45) is 0.689. The summed E-state index contributed by atoms with van der Waals surface area (Å²) in [7, 11) is 0. The van der Waals surface area contributed by atoms with Crippen molar-refractivity contribution < 1.29 is 19.1 Å². The van der Waals surface area contributed by atoms with Gasteiger partial charge in [0.05, 0.1) is 0 Å². The highest BCUT2D eigenvalue weighted by atomic mass is 16.6. The van der Waals surface area contributed by atoms with Gasteiger partial charge in [-0.25, -0.2) is 4.79 Å². The van der Waals surface area contributed by atoms with Crippen LogP contribution in [0.3, 0.4) is 0 Å². The molecular weight excluding hydrogens is 292 g/mol. The molecule has 0 aromatic heterocycles. The molecule has 0 aliphatic rings. The van der Waals surface area contributed by atoms with Crippen molar-refractivity contribution >= 4 is 12.3 Å². The first-order valence-corrected chi connectivity index (χ1v) is 7.38. The van der Waals surface area contributed by atoms with Gasteiger partial charge in [0.1, 0.15) is 29.8 Å². The second kappa shape index (κ2) is 7.09. The van der Waals surface area contributed by atoms with Crippen LogP contribution in [0.15, 0.2) is 48.5 Å². The van der Waals surface area contributed by atoms with Gasteiger partial charge in [-0.15, -0.1) is 0 Å². The molecule has 23 heavy (non-hydrogen) atoms. The molecule has 2 rings (SSSR count). The molecule has 0 heterocycles. The van der Waals surface area contributed by atoms with Gasteiger partial charge in [-0.2, -0.15) is 0 Å². The molecule has 0 spiro atoms. The van der Waals surface area contributed by atoms with E-state index in [0.717, 1.165) is 5.56 Å². The summed E-state index contributed by atoms with van der Waals surface area (Å²) >= 11 is 0. The highest BCUT2D eigenvalue weighted by molar-refractivity contribution is 5.94. The van der Waals surface area contributed by atoms with Crippen LogP contribution in [-0.2, 0) is 11.3 Å². The number of benzene rings is 2. The number of hydrogen-bond acceptors (Lipinski definition) is 4. The molecular formula is C19H20O4. The predicted octanol–water partition coefficient (Wildman–Crippen LogP) is 4.03. The Morgan fingerprint density at radius 2 is 1.78 bits per heavy atom. The minimum absolute atomic E-state index is 0.250. The zero-order valence-electron chi connectivity index (χ0n) is 13.5. The number of carbonyl (C=O) groups excluding carboxylic acids is 2. The Morgan fingerprint density at radius 1 is 1.09 bits per heavy atom. The Labute approximate surface area is 136 Å². The Balaban J connectivity index is 2.24. The third-order valence-electron chi connectivity index (χ3n) is 3.00. The van der Waals surface area contributed by atoms with Crippen molar-refractivity contribution in [2.45, 2.75) is 33.0 Å². The van der Waals surface area contributed by atoms with Crippen molar-refractivity contribution in [2.24, 2.45) is 0 Å². The van der Waals surface area contributed by atoms with E-state index in [1.807, 2.05) is 30.3 Å². The van der Waals surface area contributed by atoms with E-state index in [0.29, 0.717) is 24.2 Å². The molecule has 0 N–H and O–H groups in total. The average Bonchev–Trinajstić information content (AvgIpc) is 2.52. The molecule has 0 bridgehead atoms. The van der Waals surface area contributed by atoms with E-state index < -0.39 is 11.6 Å². The Hall–Kier alpha value is -2.62. The number of esters is 1. The largest absolute Gasteiger partial charge is 0.488 e. The minimum atomic E-state index is -0.620. The lowest BCUT2D eigenvalue weighted by Gasteiger charge is -2.20. The summed E-state index contributed by atoms with van der Waals surface area (Å²) in [6, 6.07) is 14.4. The number of aldehydes is 1. The molecule has 4 heteroatoms. The molecule has 0 radical (unpaired) electrons. The maximum atomic E-state index is 12.3. The van der Waals surface area contributed by atoms with E-state index >= 15 is 0 Å². The lowest BCUT2D eigenvalue weighted by molar-refractivity contribution is 0.00654. The van der Waals surface area contributed by atoms with Gasteiger partial charge < -0.3 is 9.47 Å². The van der Waals surface area contributed by atoms with Crippen LogP contribution >= 0.6 is 0 Å². The molecule has 0 atom stereocenters. The van der Waals surface area contributed by atoms with Gasteiger partial charge in [0.25, 0.3) is 0 Å². The van der Waals surface area contributed by atoms with E-state index in [-0.39, 0.29) is 5.56 Å². The second-order valence-corrected chi connectivity index (χ2v) is 6.15. The Kier molecular flexibility index (Phi) is 5.16. The van der Waals surface area contributed by atoms with Crippen molar-refractivity contribution in [1.82, 2.24) is 0 Å². The van der Waals surface area contributed by atoms with Gasteiger partial charge in [-0.05, 0) is 44.5 Å². The molecule has 0 amide bonds. The normalized spacial score (nSPS) is 10.9. The summed E-state index contributed by atoms with van der Waals surface area (Å²) in [5, 5.41) is 0. The topological polar surface area (TPSA) is 52.6 Å². The molecule has 2 aromatic rings. The third kappa shape index (κ3) is 4.95. The Bertz CT molecular complexity index is 684. The highest BCUT2D eigenvalue weighted by Crippen LogP contribution is 2.24. The quantitative estimate of drug-likeness (QED) is 0.618. The van der Waals surface area contributed by atoms with Crippen molar-refractivity contribution in [1.29, 1.82) is 0 Å². The van der Waals surface area contributed by atoms with Crippen LogP contribution in [0.2, 0.25) is 0 Å². The third-order valence-corrected chi connectivity index (χ3v) is 3.00. The first kappa shape index (κ1) is 16.7. The first-order chi connectivity index (χ1) is 10.9. The lowest BCUT2D eigenvalue weighted by atomic mass is 10.1. The molecule has 120 valence electrons. The van der Waals surface area contributed by atoms with Gasteiger partial charge in [0.15, 0.2) is 0 Å². The molecule has 0 saturated carbocycles. The standard InChI is InChI=1S/C19H20O4/c1-19(2,3)23-18(21)16-11-15(12-20)9-10-17(16)22-13-14-7-5-4-6-8-14/h4-12H,13H2,1-3H3. The molecule has 0 fully saturated rings. The van der Waals surface area contributed by atoms with Crippen LogP contribution in [0, 0.1) is 0 Å². The fraction of sp³-hybridized carbons (Fsp3) is 0.263. The van der Waals surface area contributed by atoms with E-state index in [2.05, 4.69) is 0 Å². The highest BCUT2D eigenvalue weighted by Gasteiger charge is 2.21. The predicted molar refractivity (Wildman–Crippen MR) is 87.8 cm³/mol. The summed E-state index contributed by atoms with van der Waals surface area (Å²) in [6.45, 7) is 5.70. The summed E-state index contributed by atoms with van der Waals surface area (Å²) in [5.41, 5.74) is 1.02. The lowest BCUT2D eigenvalue weighted by Crippen LogP contribution is -2.24. The van der Waals surface area contributed by atoms with E-state index in [9.17, 15) is 9.59 Å². The molecule has 2 aromatic carbocycles. The van der Waals surface area contributed by atoms with E-state index in [4.69, 9.17) is 9.47 Å². The van der Waals surface area contributed by atoms with Crippen LogP contribution in [0.5, 0.6) is 5.75 Å². The van der Waals surface area contributed by atoms with Crippen molar-refractivity contribution in [3.05, 3.63) is 65.2 Å². The number of hydrogen-bond donors (Lipinski definition) is 0. The van der Waals surface area contributed by atoms with Crippen LogP contribution in [-0.4, -0.2) is 17.9 Å². The van der Waals surface area contributed by atoms with Crippen LogP contribution in [0.1, 0.15) is 47.1 Å². The second-order valence-electron chi connectivity index (χ2n) is 6.15. The van der Waals surface area contributed by atoms with E-state index in [1.54, 1.807) is 32.9 Å². The van der Waals surface area contributed by atoms with Crippen LogP contribution < -0.4 is 4.74 Å².